The normalized spacial score (nSPS) is 13.4. The van der Waals surface area contributed by atoms with Crippen molar-refractivity contribution >= 4 is 34.9 Å². The quantitative estimate of drug-likeness (QED) is 0.398. The van der Waals surface area contributed by atoms with Crippen molar-refractivity contribution in [2.75, 3.05) is 6.79 Å². The van der Waals surface area contributed by atoms with Crippen molar-refractivity contribution in [3.63, 3.8) is 0 Å². The highest BCUT2D eigenvalue weighted by atomic mass is 32.2. The maximum Gasteiger partial charge on any atom is 0.189 e. The van der Waals surface area contributed by atoms with Gasteiger partial charge in [0, 0.05) is 22.6 Å². The minimum atomic E-state index is -0.273. The molecule has 0 unspecified atom stereocenters. The van der Waals surface area contributed by atoms with E-state index in [-0.39, 0.29) is 12.6 Å². The van der Waals surface area contributed by atoms with E-state index in [4.69, 9.17) is 9.47 Å². The van der Waals surface area contributed by atoms with E-state index in [1.165, 1.54) is 23.3 Å². The first-order valence-electron chi connectivity index (χ1n) is 9.28. The lowest BCUT2D eigenvalue weighted by molar-refractivity contribution is -0.0171. The molecule has 1 aliphatic heterocycles. The predicted octanol–water partition coefficient (Wildman–Crippen LogP) is 6.25. The van der Waals surface area contributed by atoms with Crippen LogP contribution in [0.1, 0.15) is 42.0 Å². The van der Waals surface area contributed by atoms with Crippen LogP contribution in [-0.4, -0.2) is 17.0 Å². The molecular formula is C21H21FN2O2S3. The smallest absolute Gasteiger partial charge is 0.189 e. The highest BCUT2D eigenvalue weighted by Crippen LogP contribution is 2.36. The summed E-state index contributed by atoms with van der Waals surface area (Å²) in [5.41, 5.74) is 4.20. The highest BCUT2D eigenvalue weighted by Gasteiger charge is 2.18. The third-order valence-corrected chi connectivity index (χ3v) is 7.81. The zero-order valence-corrected chi connectivity index (χ0v) is 18.6. The standard InChI is InChI=1S/C21H21FN2O2S3/c1-13(2)15-5-3-14(4-6-15)10-27-20-23-24-21(29-20)28-11-17-8-18(22)7-16-9-25-12-26-19(16)17/h3-8,13H,9-12H2,1-2H3. The second kappa shape index (κ2) is 9.47. The van der Waals surface area contributed by atoms with E-state index in [0.717, 1.165) is 31.3 Å². The molecule has 3 aromatic rings. The molecule has 0 spiro atoms. The molecule has 4 rings (SSSR count). The van der Waals surface area contributed by atoms with Gasteiger partial charge in [-0.05, 0) is 29.2 Å². The van der Waals surface area contributed by atoms with Crippen LogP contribution < -0.4 is 4.74 Å². The summed E-state index contributed by atoms with van der Waals surface area (Å²) in [5.74, 6) is 2.44. The molecule has 4 nitrogen and oxygen atoms in total. The fourth-order valence-electron chi connectivity index (χ4n) is 2.96. The average molecular weight is 449 g/mol. The first kappa shape index (κ1) is 20.7. The Morgan fingerprint density at radius 2 is 1.79 bits per heavy atom. The van der Waals surface area contributed by atoms with Gasteiger partial charge in [0.15, 0.2) is 15.5 Å². The van der Waals surface area contributed by atoms with Crippen LogP contribution in [0.2, 0.25) is 0 Å². The van der Waals surface area contributed by atoms with E-state index >= 15 is 0 Å². The number of rotatable bonds is 7. The molecule has 8 heteroatoms. The van der Waals surface area contributed by atoms with Gasteiger partial charge in [-0.25, -0.2) is 4.39 Å². The van der Waals surface area contributed by atoms with Crippen molar-refractivity contribution in [2.24, 2.45) is 0 Å². The predicted molar refractivity (Wildman–Crippen MR) is 116 cm³/mol. The minimum Gasteiger partial charge on any atom is -0.467 e. The van der Waals surface area contributed by atoms with E-state index in [9.17, 15) is 4.39 Å². The van der Waals surface area contributed by atoms with Crippen LogP contribution in [0, 0.1) is 5.82 Å². The Bertz CT molecular complexity index is 977. The van der Waals surface area contributed by atoms with Crippen LogP contribution in [-0.2, 0) is 22.8 Å². The number of hydrogen-bond acceptors (Lipinski definition) is 7. The molecule has 0 saturated heterocycles. The SMILES string of the molecule is CC(C)c1ccc(CSc2nnc(SCc3cc(F)cc4c3OCOC4)s2)cc1. The number of benzene rings is 2. The summed E-state index contributed by atoms with van der Waals surface area (Å²) in [4.78, 5) is 0. The van der Waals surface area contributed by atoms with Crippen molar-refractivity contribution < 1.29 is 13.9 Å². The van der Waals surface area contributed by atoms with Gasteiger partial charge in [-0.2, -0.15) is 0 Å². The summed E-state index contributed by atoms with van der Waals surface area (Å²) in [6.45, 7) is 4.98. The van der Waals surface area contributed by atoms with Crippen LogP contribution in [0.4, 0.5) is 4.39 Å². The molecule has 1 aliphatic rings. The molecule has 0 atom stereocenters. The number of ether oxygens (including phenoxy) is 2. The van der Waals surface area contributed by atoms with Gasteiger partial charge in [0.2, 0.25) is 0 Å². The van der Waals surface area contributed by atoms with Crippen LogP contribution in [0.5, 0.6) is 5.75 Å². The lowest BCUT2D eigenvalue weighted by atomic mass is 10.0. The Balaban J connectivity index is 1.35. The molecule has 0 saturated carbocycles. The first-order chi connectivity index (χ1) is 14.1. The van der Waals surface area contributed by atoms with Gasteiger partial charge >= 0.3 is 0 Å². The molecule has 0 N–H and O–H groups in total. The molecule has 2 heterocycles. The Labute approximate surface area is 182 Å². The zero-order valence-electron chi connectivity index (χ0n) is 16.2. The monoisotopic (exact) mass is 448 g/mol. The van der Waals surface area contributed by atoms with Crippen molar-refractivity contribution in [2.45, 2.75) is 46.6 Å². The third kappa shape index (κ3) is 5.31. The topological polar surface area (TPSA) is 44.2 Å². The van der Waals surface area contributed by atoms with Crippen molar-refractivity contribution in [3.05, 3.63) is 64.5 Å². The number of aromatic nitrogens is 2. The summed E-state index contributed by atoms with van der Waals surface area (Å²) in [6.07, 6.45) is 0. The second-order valence-corrected chi connectivity index (χ2v) is 10.4. The van der Waals surface area contributed by atoms with Crippen molar-refractivity contribution in [1.82, 2.24) is 10.2 Å². The minimum absolute atomic E-state index is 0.202. The molecule has 0 fully saturated rings. The van der Waals surface area contributed by atoms with E-state index in [1.54, 1.807) is 34.9 Å². The summed E-state index contributed by atoms with van der Waals surface area (Å²) in [6, 6.07) is 11.7. The van der Waals surface area contributed by atoms with Crippen molar-refractivity contribution in [3.8, 4) is 5.75 Å². The molecule has 1 aromatic heterocycles. The van der Waals surface area contributed by atoms with Crippen LogP contribution in [0.3, 0.4) is 0 Å². The van der Waals surface area contributed by atoms with Crippen LogP contribution in [0.15, 0.2) is 45.1 Å². The van der Waals surface area contributed by atoms with Gasteiger partial charge in [0.05, 0.1) is 6.61 Å². The zero-order chi connectivity index (χ0) is 20.2. The molecule has 152 valence electrons. The summed E-state index contributed by atoms with van der Waals surface area (Å²) in [5, 5.41) is 8.55. The highest BCUT2D eigenvalue weighted by molar-refractivity contribution is 8.02. The van der Waals surface area contributed by atoms with Crippen LogP contribution in [0.25, 0.3) is 0 Å². The Morgan fingerprint density at radius 3 is 2.52 bits per heavy atom. The van der Waals surface area contributed by atoms with Crippen LogP contribution >= 0.6 is 34.9 Å². The fourth-order valence-corrected chi connectivity index (χ4v) is 5.90. The largest absolute Gasteiger partial charge is 0.467 e. The molecule has 0 aliphatic carbocycles. The Morgan fingerprint density at radius 1 is 1.07 bits per heavy atom. The van der Waals surface area contributed by atoms with E-state index in [2.05, 4.69) is 48.3 Å². The van der Waals surface area contributed by atoms with E-state index in [1.807, 2.05) is 0 Å². The fraction of sp³-hybridized carbons (Fsp3) is 0.333. The van der Waals surface area contributed by atoms with Gasteiger partial charge in [0.25, 0.3) is 0 Å². The summed E-state index contributed by atoms with van der Waals surface area (Å²) < 4.78 is 26.5. The van der Waals surface area contributed by atoms with Crippen molar-refractivity contribution in [1.29, 1.82) is 0 Å². The second-order valence-electron chi connectivity index (χ2n) is 6.97. The van der Waals surface area contributed by atoms with E-state index < -0.39 is 0 Å². The van der Waals surface area contributed by atoms with E-state index in [0.29, 0.717) is 18.3 Å². The number of hydrogen-bond donors (Lipinski definition) is 0. The Kier molecular flexibility index (Phi) is 6.74. The van der Waals surface area contributed by atoms with Gasteiger partial charge in [-0.1, -0.05) is 73.0 Å². The number of halogens is 1. The summed E-state index contributed by atoms with van der Waals surface area (Å²) >= 11 is 4.80. The molecule has 0 radical (unpaired) electrons. The Hall–Kier alpha value is -1.61. The lowest BCUT2D eigenvalue weighted by Crippen LogP contribution is -2.13. The molecule has 29 heavy (non-hydrogen) atoms. The maximum atomic E-state index is 13.9. The molecular weight excluding hydrogens is 427 g/mol. The van der Waals surface area contributed by atoms with Gasteiger partial charge in [0.1, 0.15) is 11.6 Å². The molecule has 0 bridgehead atoms. The lowest BCUT2D eigenvalue weighted by Gasteiger charge is -2.20. The van der Waals surface area contributed by atoms with Gasteiger partial charge in [-0.15, -0.1) is 10.2 Å². The third-order valence-electron chi connectivity index (χ3n) is 4.50. The number of fused-ring (bicyclic) bond motifs is 1. The number of thioether (sulfide) groups is 2. The molecule has 2 aromatic carbocycles. The number of nitrogens with zero attached hydrogens (tertiary/aromatic N) is 2. The summed E-state index contributed by atoms with van der Waals surface area (Å²) in [7, 11) is 0. The molecule has 0 amide bonds. The van der Waals surface area contributed by atoms with Gasteiger partial charge < -0.3 is 9.47 Å². The maximum absolute atomic E-state index is 13.9. The van der Waals surface area contributed by atoms with Gasteiger partial charge in [-0.3, -0.25) is 0 Å². The average Bonchev–Trinajstić information content (AvgIpc) is 3.18. The first-order valence-corrected chi connectivity index (χ1v) is 12.1.